The average Bonchev–Trinajstić information content (AvgIpc) is 3.17. The Morgan fingerprint density at radius 2 is 1.66 bits per heavy atom. The van der Waals surface area contributed by atoms with Crippen molar-refractivity contribution in [1.29, 1.82) is 0 Å². The molecular weight excluding hydrogens is 390 g/mol. The standard InChI is InChI=1S/C21H25N3O4S/c1-22-10-12-23(13-11-22)20-15-18(5-7-21(20)28-3)29(25,26)24-9-8-16-14-17(27-2)4-6-19(16)24/h4-9,14-15H,10-13H2,1-3H3. The maximum atomic E-state index is 13.4. The van der Waals surface area contributed by atoms with Crippen molar-refractivity contribution in [3.8, 4) is 11.5 Å². The van der Waals surface area contributed by atoms with E-state index in [0.29, 0.717) is 17.0 Å². The van der Waals surface area contributed by atoms with Crippen molar-refractivity contribution in [3.05, 3.63) is 48.7 Å². The van der Waals surface area contributed by atoms with Crippen molar-refractivity contribution in [2.75, 3.05) is 52.3 Å². The Hall–Kier alpha value is -2.71. The van der Waals surface area contributed by atoms with Gasteiger partial charge < -0.3 is 19.3 Å². The van der Waals surface area contributed by atoms with Crippen molar-refractivity contribution in [1.82, 2.24) is 8.87 Å². The lowest BCUT2D eigenvalue weighted by atomic mass is 10.2. The Balaban J connectivity index is 1.76. The lowest BCUT2D eigenvalue weighted by Crippen LogP contribution is -2.44. The largest absolute Gasteiger partial charge is 0.497 e. The third-order valence-corrected chi connectivity index (χ3v) is 7.10. The third kappa shape index (κ3) is 3.54. The zero-order chi connectivity index (χ0) is 20.6. The van der Waals surface area contributed by atoms with Crippen molar-refractivity contribution in [2.24, 2.45) is 0 Å². The smallest absolute Gasteiger partial charge is 0.268 e. The first-order valence-electron chi connectivity index (χ1n) is 9.46. The molecule has 29 heavy (non-hydrogen) atoms. The van der Waals surface area contributed by atoms with Crippen LogP contribution in [0.2, 0.25) is 0 Å². The van der Waals surface area contributed by atoms with Gasteiger partial charge in [0.25, 0.3) is 10.0 Å². The first-order valence-corrected chi connectivity index (χ1v) is 10.9. The van der Waals surface area contributed by atoms with Crippen LogP contribution in [-0.4, -0.2) is 64.7 Å². The number of hydrogen-bond donors (Lipinski definition) is 0. The van der Waals surface area contributed by atoms with Crippen LogP contribution in [0.1, 0.15) is 0 Å². The Morgan fingerprint density at radius 1 is 0.897 bits per heavy atom. The minimum atomic E-state index is -3.76. The van der Waals surface area contributed by atoms with Gasteiger partial charge in [-0.1, -0.05) is 0 Å². The fourth-order valence-corrected chi connectivity index (χ4v) is 5.04. The van der Waals surface area contributed by atoms with Gasteiger partial charge >= 0.3 is 0 Å². The van der Waals surface area contributed by atoms with Crippen molar-refractivity contribution in [2.45, 2.75) is 4.90 Å². The number of likely N-dealkylation sites (N-methyl/N-ethyl adjacent to an activating group) is 1. The lowest BCUT2D eigenvalue weighted by molar-refractivity contribution is 0.311. The topological polar surface area (TPSA) is 64.0 Å². The van der Waals surface area contributed by atoms with E-state index < -0.39 is 10.0 Å². The minimum Gasteiger partial charge on any atom is -0.497 e. The van der Waals surface area contributed by atoms with Gasteiger partial charge in [-0.15, -0.1) is 0 Å². The van der Waals surface area contributed by atoms with Gasteiger partial charge in [0.15, 0.2) is 0 Å². The summed E-state index contributed by atoms with van der Waals surface area (Å²) in [4.78, 5) is 4.67. The number of methoxy groups -OCH3 is 2. The van der Waals surface area contributed by atoms with Gasteiger partial charge in [-0.05, 0) is 49.5 Å². The van der Waals surface area contributed by atoms with Crippen LogP contribution < -0.4 is 14.4 Å². The van der Waals surface area contributed by atoms with Gasteiger partial charge in [0.2, 0.25) is 0 Å². The fraction of sp³-hybridized carbons (Fsp3) is 0.333. The highest BCUT2D eigenvalue weighted by Gasteiger charge is 2.24. The summed E-state index contributed by atoms with van der Waals surface area (Å²) in [6, 6.07) is 12.2. The van der Waals surface area contributed by atoms with Gasteiger partial charge in [0, 0.05) is 37.8 Å². The number of anilines is 1. The van der Waals surface area contributed by atoms with Crippen LogP contribution in [0.25, 0.3) is 10.9 Å². The number of piperazine rings is 1. The molecule has 2 heterocycles. The molecule has 1 fully saturated rings. The van der Waals surface area contributed by atoms with Crippen LogP contribution in [0, 0.1) is 0 Å². The molecule has 0 atom stereocenters. The number of benzene rings is 2. The normalized spacial score (nSPS) is 15.6. The molecule has 0 amide bonds. The summed E-state index contributed by atoms with van der Waals surface area (Å²) in [6.45, 7) is 3.49. The van der Waals surface area contributed by atoms with E-state index in [4.69, 9.17) is 9.47 Å². The number of aromatic nitrogens is 1. The van der Waals surface area contributed by atoms with Crippen LogP contribution in [-0.2, 0) is 10.0 Å². The van der Waals surface area contributed by atoms with E-state index in [1.54, 1.807) is 56.8 Å². The second-order valence-corrected chi connectivity index (χ2v) is 8.98. The molecule has 0 N–H and O–H groups in total. The monoisotopic (exact) mass is 415 g/mol. The van der Waals surface area contributed by atoms with Gasteiger partial charge in [-0.3, -0.25) is 0 Å². The third-order valence-electron chi connectivity index (χ3n) is 5.41. The highest BCUT2D eigenvalue weighted by atomic mass is 32.2. The molecule has 1 aliphatic rings. The number of fused-ring (bicyclic) bond motifs is 1. The van der Waals surface area contributed by atoms with Gasteiger partial charge in [-0.25, -0.2) is 12.4 Å². The number of nitrogens with zero attached hydrogens (tertiary/aromatic N) is 3. The number of ether oxygens (including phenoxy) is 2. The van der Waals surface area contributed by atoms with Crippen molar-refractivity contribution >= 4 is 26.6 Å². The molecule has 1 aromatic heterocycles. The zero-order valence-electron chi connectivity index (χ0n) is 16.8. The second kappa shape index (κ2) is 7.61. The van der Waals surface area contributed by atoms with E-state index in [-0.39, 0.29) is 4.90 Å². The van der Waals surface area contributed by atoms with Crippen LogP contribution in [0.5, 0.6) is 11.5 Å². The number of rotatable bonds is 5. The molecule has 154 valence electrons. The SMILES string of the molecule is COc1ccc2c(ccn2S(=O)(=O)c2ccc(OC)c(N3CCN(C)CC3)c2)c1. The minimum absolute atomic E-state index is 0.237. The summed E-state index contributed by atoms with van der Waals surface area (Å²) in [7, 11) is 1.53. The molecule has 1 aliphatic heterocycles. The van der Waals surface area contributed by atoms with E-state index in [0.717, 1.165) is 37.3 Å². The first-order chi connectivity index (χ1) is 13.9. The van der Waals surface area contributed by atoms with Crippen molar-refractivity contribution in [3.63, 3.8) is 0 Å². The molecule has 3 aromatic rings. The highest BCUT2D eigenvalue weighted by Crippen LogP contribution is 2.33. The molecule has 8 heteroatoms. The predicted octanol–water partition coefficient (Wildman–Crippen LogP) is 2.65. The molecule has 0 radical (unpaired) electrons. The predicted molar refractivity (Wildman–Crippen MR) is 114 cm³/mol. The highest BCUT2D eigenvalue weighted by molar-refractivity contribution is 7.90. The summed E-state index contributed by atoms with van der Waals surface area (Å²) in [5.74, 6) is 1.37. The molecule has 0 aliphatic carbocycles. The van der Waals surface area contributed by atoms with E-state index in [1.165, 1.54) is 3.97 Å². The van der Waals surface area contributed by atoms with E-state index in [2.05, 4.69) is 16.8 Å². The second-order valence-electron chi connectivity index (χ2n) is 7.17. The maximum Gasteiger partial charge on any atom is 0.268 e. The Morgan fingerprint density at radius 3 is 2.34 bits per heavy atom. The zero-order valence-corrected chi connectivity index (χ0v) is 17.6. The summed E-state index contributed by atoms with van der Waals surface area (Å²) in [6.07, 6.45) is 1.58. The molecule has 1 saturated heterocycles. The summed E-state index contributed by atoms with van der Waals surface area (Å²) in [5, 5.41) is 0.806. The van der Waals surface area contributed by atoms with Gasteiger partial charge in [0.05, 0.1) is 30.3 Å². The van der Waals surface area contributed by atoms with Crippen molar-refractivity contribution < 1.29 is 17.9 Å². The van der Waals surface area contributed by atoms with E-state index in [9.17, 15) is 8.42 Å². The maximum absolute atomic E-state index is 13.4. The van der Waals surface area contributed by atoms with Gasteiger partial charge in [0.1, 0.15) is 11.5 Å². The van der Waals surface area contributed by atoms with E-state index in [1.807, 2.05) is 6.07 Å². The Bertz CT molecular complexity index is 1130. The van der Waals surface area contributed by atoms with Gasteiger partial charge in [-0.2, -0.15) is 0 Å². The fourth-order valence-electron chi connectivity index (χ4n) is 3.67. The molecule has 0 bridgehead atoms. The summed E-state index contributed by atoms with van der Waals surface area (Å²) < 4.78 is 38.9. The first kappa shape index (κ1) is 19.6. The van der Waals surface area contributed by atoms with Crippen LogP contribution in [0.15, 0.2) is 53.6 Å². The molecule has 4 rings (SSSR count). The average molecular weight is 416 g/mol. The Labute approximate surface area is 171 Å². The number of hydrogen-bond acceptors (Lipinski definition) is 6. The van der Waals surface area contributed by atoms with Crippen LogP contribution >= 0.6 is 0 Å². The molecule has 0 saturated carbocycles. The molecule has 7 nitrogen and oxygen atoms in total. The van der Waals surface area contributed by atoms with E-state index >= 15 is 0 Å². The van der Waals surface area contributed by atoms with Crippen LogP contribution in [0.4, 0.5) is 5.69 Å². The van der Waals surface area contributed by atoms with Crippen LogP contribution in [0.3, 0.4) is 0 Å². The quantitative estimate of drug-likeness (QED) is 0.638. The molecule has 0 spiro atoms. The molecular formula is C21H25N3O4S. The lowest BCUT2D eigenvalue weighted by Gasteiger charge is -2.34. The summed E-state index contributed by atoms with van der Waals surface area (Å²) in [5.41, 5.74) is 1.42. The molecule has 0 unspecified atom stereocenters. The molecule has 2 aromatic carbocycles. The summed E-state index contributed by atoms with van der Waals surface area (Å²) >= 11 is 0. The Kier molecular flexibility index (Phi) is 5.14.